The fraction of sp³-hybridized carbons (Fsp3) is 0.368. The third kappa shape index (κ3) is 4.69. The smallest absolute Gasteiger partial charge is 0.293 e. The molecule has 1 aliphatic heterocycles. The average molecular weight is 439 g/mol. The Bertz CT molecular complexity index is 1010. The van der Waals surface area contributed by atoms with Crippen LogP contribution in [0.2, 0.25) is 5.02 Å². The van der Waals surface area contributed by atoms with Crippen LogP contribution >= 0.6 is 11.6 Å². The zero-order chi connectivity index (χ0) is 21.2. The number of hydrogen-bond acceptors (Lipinski definition) is 6. The number of hydrogen-bond donors (Lipinski definition) is 1. The van der Waals surface area contributed by atoms with Crippen molar-refractivity contribution in [2.45, 2.75) is 17.9 Å². The van der Waals surface area contributed by atoms with Gasteiger partial charge in [-0.05, 0) is 37.7 Å². The van der Waals surface area contributed by atoms with E-state index in [0.717, 1.165) is 11.6 Å². The van der Waals surface area contributed by atoms with Gasteiger partial charge in [-0.2, -0.15) is 4.31 Å². The average Bonchev–Trinajstić information content (AvgIpc) is 2.68. The Hall–Kier alpha value is -2.20. The number of benzene rings is 2. The van der Waals surface area contributed by atoms with Gasteiger partial charge < -0.3 is 10.2 Å². The molecule has 1 unspecified atom stereocenters. The van der Waals surface area contributed by atoms with Crippen molar-refractivity contribution < 1.29 is 13.3 Å². The molecule has 1 N–H and O–H groups in total. The molecule has 0 spiro atoms. The maximum absolute atomic E-state index is 12.9. The Morgan fingerprint density at radius 1 is 1.14 bits per heavy atom. The molecule has 3 rings (SSSR count). The second-order valence-electron chi connectivity index (χ2n) is 7.03. The third-order valence-corrected chi connectivity index (χ3v) is 7.25. The summed E-state index contributed by atoms with van der Waals surface area (Å²) in [7, 11) is -1.87. The minimum absolute atomic E-state index is 0.0790. The lowest BCUT2D eigenvalue weighted by Crippen LogP contribution is -2.47. The number of nitrogens with one attached hydrogen (secondary N) is 1. The molecule has 2 aromatic rings. The van der Waals surface area contributed by atoms with Gasteiger partial charge in [0.15, 0.2) is 0 Å². The molecule has 1 atom stereocenters. The summed E-state index contributed by atoms with van der Waals surface area (Å²) < 4.78 is 27.2. The van der Waals surface area contributed by atoms with E-state index in [2.05, 4.69) is 5.32 Å². The first-order chi connectivity index (χ1) is 13.7. The summed E-state index contributed by atoms with van der Waals surface area (Å²) in [6.07, 6.45) is 0. The van der Waals surface area contributed by atoms with E-state index in [0.29, 0.717) is 31.2 Å². The van der Waals surface area contributed by atoms with Gasteiger partial charge in [0, 0.05) is 37.3 Å². The van der Waals surface area contributed by atoms with Crippen molar-refractivity contribution >= 4 is 33.0 Å². The Labute approximate surface area is 175 Å². The topological polar surface area (TPSA) is 95.8 Å². The van der Waals surface area contributed by atoms with E-state index >= 15 is 0 Å². The Morgan fingerprint density at radius 2 is 1.79 bits per heavy atom. The second kappa shape index (κ2) is 8.66. The zero-order valence-electron chi connectivity index (χ0n) is 16.2. The molecule has 10 heteroatoms. The highest BCUT2D eigenvalue weighted by atomic mass is 35.5. The number of likely N-dealkylation sites (N-methyl/N-ethyl adjacent to an activating group) is 1. The van der Waals surface area contributed by atoms with E-state index < -0.39 is 14.9 Å². The molecule has 0 radical (unpaired) electrons. The molecule has 2 aromatic carbocycles. The van der Waals surface area contributed by atoms with Crippen LogP contribution in [0.4, 0.5) is 11.4 Å². The monoisotopic (exact) mass is 438 g/mol. The summed E-state index contributed by atoms with van der Waals surface area (Å²) >= 11 is 6.21. The first kappa shape index (κ1) is 21.5. The molecular formula is C19H23ClN4O4S. The van der Waals surface area contributed by atoms with Crippen molar-refractivity contribution in [3.8, 4) is 0 Å². The second-order valence-corrected chi connectivity index (χ2v) is 9.38. The van der Waals surface area contributed by atoms with Gasteiger partial charge in [0.2, 0.25) is 10.0 Å². The van der Waals surface area contributed by atoms with Gasteiger partial charge in [0.1, 0.15) is 5.69 Å². The number of nitro benzene ring substituents is 1. The van der Waals surface area contributed by atoms with Gasteiger partial charge in [-0.3, -0.25) is 10.1 Å². The quantitative estimate of drug-likeness (QED) is 0.548. The first-order valence-corrected chi connectivity index (χ1v) is 11.0. The summed E-state index contributed by atoms with van der Waals surface area (Å²) in [6.45, 7) is 3.79. The van der Waals surface area contributed by atoms with Crippen LogP contribution in [0.1, 0.15) is 18.5 Å². The normalized spacial score (nSPS) is 17.1. The molecule has 1 saturated heterocycles. The fourth-order valence-electron chi connectivity index (χ4n) is 3.26. The van der Waals surface area contributed by atoms with Crippen LogP contribution in [0, 0.1) is 10.1 Å². The molecule has 8 nitrogen and oxygen atoms in total. The molecule has 1 aliphatic rings. The van der Waals surface area contributed by atoms with Crippen molar-refractivity contribution in [2.24, 2.45) is 0 Å². The third-order valence-electron chi connectivity index (χ3n) is 5.01. The molecular weight excluding hydrogens is 416 g/mol. The summed E-state index contributed by atoms with van der Waals surface area (Å²) in [5.74, 6) is 0. The van der Waals surface area contributed by atoms with Crippen molar-refractivity contribution in [1.82, 2.24) is 9.21 Å². The molecule has 29 heavy (non-hydrogen) atoms. The molecule has 0 amide bonds. The number of halogens is 1. The van der Waals surface area contributed by atoms with Crippen LogP contribution in [0.25, 0.3) is 0 Å². The molecule has 0 saturated carbocycles. The highest BCUT2D eigenvalue weighted by Gasteiger charge is 2.30. The van der Waals surface area contributed by atoms with Gasteiger partial charge in [-0.15, -0.1) is 0 Å². The van der Waals surface area contributed by atoms with Crippen LogP contribution in [0.3, 0.4) is 0 Å². The largest absolute Gasteiger partial charge is 0.373 e. The fourth-order valence-corrected chi connectivity index (χ4v) is 5.00. The standard InChI is InChI=1S/C19H23ClN4O4S/c1-14(16-5-3-4-6-17(16)20)21-18-8-7-15(13-19(18)24(25)26)29(27,28)23-11-9-22(2)10-12-23/h3-8,13-14,21H,9-12H2,1-2H3. The number of anilines is 1. The minimum atomic E-state index is -3.79. The molecule has 1 fully saturated rings. The van der Waals surface area contributed by atoms with Crippen LogP contribution < -0.4 is 5.32 Å². The molecule has 156 valence electrons. The Kier molecular flexibility index (Phi) is 6.42. The van der Waals surface area contributed by atoms with E-state index in [4.69, 9.17) is 11.6 Å². The number of piperazine rings is 1. The molecule has 0 aromatic heterocycles. The Balaban J connectivity index is 1.89. The van der Waals surface area contributed by atoms with E-state index in [1.807, 2.05) is 31.0 Å². The maximum Gasteiger partial charge on any atom is 0.293 e. The molecule has 1 heterocycles. The highest BCUT2D eigenvalue weighted by molar-refractivity contribution is 7.89. The van der Waals surface area contributed by atoms with E-state index in [-0.39, 0.29) is 22.3 Å². The van der Waals surface area contributed by atoms with Gasteiger partial charge in [-0.1, -0.05) is 29.8 Å². The summed E-state index contributed by atoms with van der Waals surface area (Å²) in [4.78, 5) is 13.0. The van der Waals surface area contributed by atoms with Gasteiger partial charge >= 0.3 is 0 Å². The first-order valence-electron chi connectivity index (χ1n) is 9.18. The lowest BCUT2D eigenvalue weighted by atomic mass is 10.1. The number of nitrogens with zero attached hydrogens (tertiary/aromatic N) is 3. The predicted molar refractivity (Wildman–Crippen MR) is 113 cm³/mol. The van der Waals surface area contributed by atoms with E-state index in [1.165, 1.54) is 16.4 Å². The molecule has 0 aliphatic carbocycles. The van der Waals surface area contributed by atoms with Crippen molar-refractivity contribution in [2.75, 3.05) is 38.5 Å². The van der Waals surface area contributed by atoms with E-state index in [9.17, 15) is 18.5 Å². The van der Waals surface area contributed by atoms with Gasteiger partial charge in [0.25, 0.3) is 5.69 Å². The van der Waals surface area contributed by atoms with E-state index in [1.54, 1.807) is 12.1 Å². The van der Waals surface area contributed by atoms with Crippen molar-refractivity contribution in [3.05, 3.63) is 63.2 Å². The zero-order valence-corrected chi connectivity index (χ0v) is 17.8. The van der Waals surface area contributed by atoms with Crippen LogP contribution in [-0.2, 0) is 10.0 Å². The Morgan fingerprint density at radius 3 is 2.41 bits per heavy atom. The summed E-state index contributed by atoms with van der Waals surface area (Å²) in [5.41, 5.74) is 0.733. The minimum Gasteiger partial charge on any atom is -0.373 e. The SMILES string of the molecule is CC(Nc1ccc(S(=O)(=O)N2CCN(C)CC2)cc1[N+](=O)[O-])c1ccccc1Cl. The summed E-state index contributed by atoms with van der Waals surface area (Å²) in [6, 6.07) is 10.9. The lowest BCUT2D eigenvalue weighted by Gasteiger charge is -2.31. The molecule has 0 bridgehead atoms. The lowest BCUT2D eigenvalue weighted by molar-refractivity contribution is -0.384. The highest BCUT2D eigenvalue weighted by Crippen LogP contribution is 2.33. The van der Waals surface area contributed by atoms with Gasteiger partial charge in [0.05, 0.1) is 15.9 Å². The summed E-state index contributed by atoms with van der Waals surface area (Å²) in [5, 5.41) is 15.2. The van der Waals surface area contributed by atoms with Gasteiger partial charge in [-0.25, -0.2) is 8.42 Å². The predicted octanol–water partition coefficient (Wildman–Crippen LogP) is 3.36. The maximum atomic E-state index is 12.9. The van der Waals surface area contributed by atoms with Crippen LogP contribution in [0.5, 0.6) is 0 Å². The van der Waals surface area contributed by atoms with Crippen molar-refractivity contribution in [1.29, 1.82) is 0 Å². The van der Waals surface area contributed by atoms with Crippen LogP contribution in [-0.4, -0.2) is 55.8 Å². The van der Waals surface area contributed by atoms with Crippen molar-refractivity contribution in [3.63, 3.8) is 0 Å². The van der Waals surface area contributed by atoms with Crippen LogP contribution in [0.15, 0.2) is 47.4 Å². The number of nitro groups is 1. The number of sulfonamides is 1. The number of rotatable bonds is 6.